The molecule has 1 atom stereocenters. The van der Waals surface area contributed by atoms with E-state index in [4.69, 9.17) is 23.1 Å². The maximum absolute atomic E-state index is 13.2. The molecule has 1 aromatic rings. The quantitative estimate of drug-likeness (QED) is 0.786. The van der Waals surface area contributed by atoms with Crippen LogP contribution in [-0.4, -0.2) is 6.54 Å². The molecule has 1 rings (SSSR count). The van der Waals surface area contributed by atoms with Crippen LogP contribution in [0.2, 0.25) is 5.02 Å². The zero-order valence-electron chi connectivity index (χ0n) is 7.13. The van der Waals surface area contributed by atoms with E-state index >= 15 is 0 Å². The van der Waals surface area contributed by atoms with Gasteiger partial charge >= 0.3 is 0 Å². The second-order valence-corrected chi connectivity index (χ2v) is 3.29. The van der Waals surface area contributed by atoms with Crippen molar-refractivity contribution in [2.45, 2.75) is 12.5 Å². The number of nitrogens with two attached hydrogens (primary N) is 2. The molecule has 4 N–H and O–H groups in total. The van der Waals surface area contributed by atoms with Crippen molar-refractivity contribution in [3.8, 4) is 0 Å². The van der Waals surface area contributed by atoms with Crippen LogP contribution in [0.25, 0.3) is 0 Å². The van der Waals surface area contributed by atoms with Gasteiger partial charge in [-0.2, -0.15) is 0 Å². The van der Waals surface area contributed by atoms with Gasteiger partial charge in [-0.15, -0.1) is 0 Å². The van der Waals surface area contributed by atoms with Crippen LogP contribution in [0, 0.1) is 5.82 Å². The van der Waals surface area contributed by atoms with E-state index in [1.165, 1.54) is 18.2 Å². The van der Waals surface area contributed by atoms with Gasteiger partial charge in [0.05, 0.1) is 0 Å². The first-order valence-electron chi connectivity index (χ1n) is 4.05. The molecule has 0 radical (unpaired) electrons. The van der Waals surface area contributed by atoms with E-state index in [9.17, 15) is 4.39 Å². The van der Waals surface area contributed by atoms with Crippen LogP contribution in [0.15, 0.2) is 18.2 Å². The Kier molecular flexibility index (Phi) is 3.66. The second kappa shape index (κ2) is 4.56. The minimum Gasteiger partial charge on any atom is -0.330 e. The molecule has 13 heavy (non-hydrogen) atoms. The van der Waals surface area contributed by atoms with Crippen LogP contribution in [0.1, 0.15) is 18.0 Å². The normalized spacial score (nSPS) is 12.9. The Morgan fingerprint density at radius 3 is 2.77 bits per heavy atom. The third kappa shape index (κ3) is 2.66. The molecule has 0 fully saturated rings. The Labute approximate surface area is 81.7 Å². The van der Waals surface area contributed by atoms with E-state index in [0.29, 0.717) is 23.6 Å². The number of hydrogen-bond donors (Lipinski definition) is 2. The van der Waals surface area contributed by atoms with E-state index in [1.54, 1.807) is 0 Å². The second-order valence-electron chi connectivity index (χ2n) is 2.85. The van der Waals surface area contributed by atoms with Crippen molar-refractivity contribution in [2.24, 2.45) is 11.5 Å². The highest BCUT2D eigenvalue weighted by atomic mass is 35.5. The lowest BCUT2D eigenvalue weighted by Crippen LogP contribution is -2.16. The van der Waals surface area contributed by atoms with E-state index < -0.39 is 0 Å². The Balaban J connectivity index is 2.91. The molecule has 0 spiro atoms. The van der Waals surface area contributed by atoms with Crippen LogP contribution < -0.4 is 11.5 Å². The number of hydrogen-bond acceptors (Lipinski definition) is 2. The summed E-state index contributed by atoms with van der Waals surface area (Å²) in [6.07, 6.45) is 0.553. The molecule has 0 unspecified atom stereocenters. The summed E-state index contributed by atoms with van der Waals surface area (Å²) < 4.78 is 13.2. The minimum atomic E-state index is -0.372. The summed E-state index contributed by atoms with van der Waals surface area (Å²) >= 11 is 5.71. The molecule has 0 heterocycles. The largest absolute Gasteiger partial charge is 0.330 e. The fourth-order valence-corrected chi connectivity index (χ4v) is 1.31. The van der Waals surface area contributed by atoms with Crippen LogP contribution in [0.5, 0.6) is 0 Å². The van der Waals surface area contributed by atoms with Crippen LogP contribution in [0.4, 0.5) is 4.39 Å². The van der Waals surface area contributed by atoms with E-state index in [0.717, 1.165) is 0 Å². The Morgan fingerprint density at radius 1 is 1.46 bits per heavy atom. The monoisotopic (exact) mass is 202 g/mol. The third-order valence-corrected chi connectivity index (χ3v) is 2.07. The summed E-state index contributed by atoms with van der Waals surface area (Å²) in [5, 5.41) is 0.490. The molecule has 0 saturated heterocycles. The molecular weight excluding hydrogens is 191 g/mol. The zero-order valence-corrected chi connectivity index (χ0v) is 7.89. The molecule has 2 nitrogen and oxygen atoms in total. The van der Waals surface area contributed by atoms with Gasteiger partial charge in [0.25, 0.3) is 0 Å². The molecule has 0 aliphatic heterocycles. The van der Waals surface area contributed by atoms with E-state index in [2.05, 4.69) is 0 Å². The zero-order chi connectivity index (χ0) is 9.84. The lowest BCUT2D eigenvalue weighted by Gasteiger charge is -2.11. The third-order valence-electron chi connectivity index (χ3n) is 1.84. The van der Waals surface area contributed by atoms with Gasteiger partial charge in [0, 0.05) is 16.6 Å². The standard InChI is InChI=1S/C9H12ClFN2/c10-6-1-2-8(11)7(5-6)9(13)3-4-12/h1-2,5,9H,3-4,12-13H2/t9-/m1/s1. The lowest BCUT2D eigenvalue weighted by atomic mass is 10.0. The fourth-order valence-electron chi connectivity index (χ4n) is 1.13. The predicted octanol–water partition coefficient (Wildman–Crippen LogP) is 1.83. The van der Waals surface area contributed by atoms with Crippen molar-refractivity contribution in [3.05, 3.63) is 34.6 Å². The van der Waals surface area contributed by atoms with E-state index in [1.807, 2.05) is 0 Å². The maximum atomic E-state index is 13.2. The van der Waals surface area contributed by atoms with Gasteiger partial charge in [-0.3, -0.25) is 0 Å². The highest BCUT2D eigenvalue weighted by Gasteiger charge is 2.10. The van der Waals surface area contributed by atoms with Gasteiger partial charge < -0.3 is 11.5 Å². The highest BCUT2D eigenvalue weighted by Crippen LogP contribution is 2.21. The topological polar surface area (TPSA) is 52.0 Å². The molecule has 0 saturated carbocycles. The molecule has 0 aliphatic carbocycles. The van der Waals surface area contributed by atoms with E-state index in [-0.39, 0.29) is 11.9 Å². The van der Waals surface area contributed by atoms with Gasteiger partial charge in [-0.25, -0.2) is 4.39 Å². The summed E-state index contributed by atoms with van der Waals surface area (Å²) in [7, 11) is 0. The van der Waals surface area contributed by atoms with Crippen LogP contribution in [0.3, 0.4) is 0 Å². The first-order chi connectivity index (χ1) is 6.15. The van der Waals surface area contributed by atoms with Gasteiger partial charge in [0.15, 0.2) is 0 Å². The number of rotatable bonds is 3. The Bertz CT molecular complexity index is 291. The smallest absolute Gasteiger partial charge is 0.128 e. The Morgan fingerprint density at radius 2 is 2.15 bits per heavy atom. The van der Waals surface area contributed by atoms with Crippen molar-refractivity contribution in [1.29, 1.82) is 0 Å². The Hall–Kier alpha value is -0.640. The van der Waals surface area contributed by atoms with Gasteiger partial charge in [-0.1, -0.05) is 11.6 Å². The van der Waals surface area contributed by atoms with Gasteiger partial charge in [-0.05, 0) is 31.2 Å². The fraction of sp³-hybridized carbons (Fsp3) is 0.333. The van der Waals surface area contributed by atoms with Gasteiger partial charge in [0.2, 0.25) is 0 Å². The minimum absolute atomic E-state index is 0.328. The molecular formula is C9H12ClFN2. The average molecular weight is 203 g/mol. The first kappa shape index (κ1) is 10.4. The van der Waals surface area contributed by atoms with Crippen molar-refractivity contribution >= 4 is 11.6 Å². The predicted molar refractivity (Wildman–Crippen MR) is 52.0 cm³/mol. The molecule has 0 aromatic heterocycles. The van der Waals surface area contributed by atoms with Crippen molar-refractivity contribution < 1.29 is 4.39 Å². The molecule has 0 amide bonds. The average Bonchev–Trinajstić information content (AvgIpc) is 2.09. The van der Waals surface area contributed by atoms with Gasteiger partial charge in [0.1, 0.15) is 5.82 Å². The number of halogens is 2. The highest BCUT2D eigenvalue weighted by molar-refractivity contribution is 6.30. The van der Waals surface area contributed by atoms with Crippen LogP contribution in [-0.2, 0) is 0 Å². The molecule has 72 valence electrons. The molecule has 0 aliphatic rings. The first-order valence-corrected chi connectivity index (χ1v) is 4.43. The lowest BCUT2D eigenvalue weighted by molar-refractivity contribution is 0.567. The molecule has 1 aromatic carbocycles. The summed E-state index contributed by atoms with van der Waals surface area (Å²) in [6.45, 7) is 0.438. The van der Waals surface area contributed by atoms with Crippen molar-refractivity contribution in [3.63, 3.8) is 0 Å². The van der Waals surface area contributed by atoms with Crippen LogP contribution >= 0.6 is 11.6 Å². The maximum Gasteiger partial charge on any atom is 0.128 e. The number of benzene rings is 1. The van der Waals surface area contributed by atoms with Crippen molar-refractivity contribution in [1.82, 2.24) is 0 Å². The summed E-state index contributed by atoms with van der Waals surface area (Å²) in [5.74, 6) is -0.328. The molecule has 0 bridgehead atoms. The van der Waals surface area contributed by atoms with Crippen molar-refractivity contribution in [2.75, 3.05) is 6.54 Å². The summed E-state index contributed by atoms with van der Waals surface area (Å²) in [4.78, 5) is 0. The summed E-state index contributed by atoms with van der Waals surface area (Å²) in [5.41, 5.74) is 11.4. The SMILES string of the molecule is NCC[C@@H](N)c1cc(Cl)ccc1F. The summed E-state index contributed by atoms with van der Waals surface area (Å²) in [6, 6.07) is 3.98. The molecule has 4 heteroatoms.